The summed E-state index contributed by atoms with van der Waals surface area (Å²) in [5.74, 6) is 0.0464. The number of carbonyl (C=O) groups is 1. The molecule has 2 aromatic rings. The van der Waals surface area contributed by atoms with Gasteiger partial charge in [0.05, 0.1) is 24.7 Å². The van der Waals surface area contributed by atoms with Gasteiger partial charge in [-0.1, -0.05) is 0 Å². The summed E-state index contributed by atoms with van der Waals surface area (Å²) in [7, 11) is 0. The molecule has 0 radical (unpaired) electrons. The molecular weight excluding hydrogens is 286 g/mol. The number of phenolic OH excluding ortho intramolecular Hbond substituents is 1. The van der Waals surface area contributed by atoms with E-state index in [1.165, 1.54) is 30.6 Å². The van der Waals surface area contributed by atoms with Gasteiger partial charge in [-0.25, -0.2) is 4.98 Å². The summed E-state index contributed by atoms with van der Waals surface area (Å²) < 4.78 is 5.38. The molecule has 7 nitrogen and oxygen atoms in total. The first-order valence-electron chi connectivity index (χ1n) is 6.69. The van der Waals surface area contributed by atoms with Gasteiger partial charge in [0.2, 0.25) is 0 Å². The number of rotatable bonds is 5. The Bertz CT molecular complexity index is 658. The van der Waals surface area contributed by atoms with Crippen LogP contribution in [-0.2, 0) is 0 Å². The predicted octanol–water partition coefficient (Wildman–Crippen LogP) is 1.50. The number of anilines is 1. The van der Waals surface area contributed by atoms with Crippen molar-refractivity contribution in [1.82, 2.24) is 9.97 Å². The molecule has 0 saturated carbocycles. The van der Waals surface area contributed by atoms with E-state index in [4.69, 9.17) is 9.84 Å². The minimum atomic E-state index is -0.449. The number of amides is 1. The molecule has 0 spiro atoms. The first kappa shape index (κ1) is 15.7. The van der Waals surface area contributed by atoms with Gasteiger partial charge >= 0.3 is 0 Å². The molecule has 1 aromatic heterocycles. The largest absolute Gasteiger partial charge is 0.508 e. The van der Waals surface area contributed by atoms with Crippen LogP contribution in [0.4, 0.5) is 5.82 Å². The Balaban J connectivity index is 2.16. The van der Waals surface area contributed by atoms with Crippen molar-refractivity contribution in [2.75, 3.05) is 11.9 Å². The highest BCUT2D eigenvalue weighted by Gasteiger charge is 2.12. The van der Waals surface area contributed by atoms with E-state index in [0.717, 1.165) is 5.69 Å². The van der Waals surface area contributed by atoms with Crippen molar-refractivity contribution in [3.63, 3.8) is 0 Å². The number of phenols is 1. The Morgan fingerprint density at radius 3 is 2.73 bits per heavy atom. The van der Waals surface area contributed by atoms with E-state index in [9.17, 15) is 9.90 Å². The predicted molar refractivity (Wildman–Crippen MR) is 80.0 cm³/mol. The van der Waals surface area contributed by atoms with Crippen molar-refractivity contribution in [3.8, 4) is 11.5 Å². The monoisotopic (exact) mass is 303 g/mol. The number of aliphatic hydroxyl groups excluding tert-OH is 1. The number of aliphatic hydroxyl groups is 1. The topological polar surface area (TPSA) is 105 Å². The maximum Gasteiger partial charge on any atom is 0.257 e. The second-order valence-electron chi connectivity index (χ2n) is 4.82. The van der Waals surface area contributed by atoms with Gasteiger partial charge in [0.15, 0.2) is 5.82 Å². The van der Waals surface area contributed by atoms with Gasteiger partial charge < -0.3 is 20.3 Å². The van der Waals surface area contributed by atoms with Crippen LogP contribution in [0.25, 0.3) is 0 Å². The van der Waals surface area contributed by atoms with Crippen LogP contribution in [0.1, 0.15) is 23.0 Å². The van der Waals surface area contributed by atoms with Gasteiger partial charge in [-0.05, 0) is 26.0 Å². The van der Waals surface area contributed by atoms with Crippen LogP contribution in [0.15, 0.2) is 30.6 Å². The van der Waals surface area contributed by atoms with Gasteiger partial charge in [-0.3, -0.25) is 9.78 Å². The molecule has 2 rings (SSSR count). The molecule has 0 aliphatic rings. The lowest BCUT2D eigenvalue weighted by Crippen LogP contribution is -2.17. The van der Waals surface area contributed by atoms with E-state index in [1.54, 1.807) is 13.8 Å². The highest BCUT2D eigenvalue weighted by molar-refractivity contribution is 6.04. The number of aromatic hydroxyl groups is 1. The number of aromatic nitrogens is 2. The molecule has 1 atom stereocenters. The van der Waals surface area contributed by atoms with E-state index in [1.807, 2.05) is 0 Å². The molecule has 1 aromatic carbocycles. The number of nitrogens with zero attached hydrogens (tertiary/aromatic N) is 2. The van der Waals surface area contributed by atoms with Crippen LogP contribution >= 0.6 is 0 Å². The lowest BCUT2D eigenvalue weighted by atomic mass is 10.2. The van der Waals surface area contributed by atoms with E-state index in [0.29, 0.717) is 11.6 Å². The third-order valence-electron chi connectivity index (χ3n) is 2.77. The molecule has 116 valence electrons. The zero-order valence-corrected chi connectivity index (χ0v) is 12.3. The minimum Gasteiger partial charge on any atom is -0.508 e. The molecular formula is C15H17N3O4. The van der Waals surface area contributed by atoms with Gasteiger partial charge in [0.1, 0.15) is 17.6 Å². The molecule has 3 N–H and O–H groups in total. The number of benzene rings is 1. The van der Waals surface area contributed by atoms with Gasteiger partial charge in [0.25, 0.3) is 5.91 Å². The molecule has 22 heavy (non-hydrogen) atoms. The van der Waals surface area contributed by atoms with Crippen LogP contribution in [0.5, 0.6) is 11.5 Å². The average Bonchev–Trinajstić information content (AvgIpc) is 2.48. The first-order valence-corrected chi connectivity index (χ1v) is 6.69. The number of hydrogen-bond donors (Lipinski definition) is 3. The SMILES string of the molecule is Cc1cnc(NC(=O)c2cc(O)cc(OC(C)CO)c2)cn1. The molecule has 0 bridgehead atoms. The lowest BCUT2D eigenvalue weighted by molar-refractivity contribution is 0.102. The van der Waals surface area contributed by atoms with Gasteiger partial charge in [0, 0.05) is 11.6 Å². The summed E-state index contributed by atoms with van der Waals surface area (Å²) in [4.78, 5) is 20.2. The Labute approximate surface area is 127 Å². The third kappa shape index (κ3) is 4.16. The lowest BCUT2D eigenvalue weighted by Gasteiger charge is -2.13. The van der Waals surface area contributed by atoms with E-state index < -0.39 is 12.0 Å². The average molecular weight is 303 g/mol. The Hall–Kier alpha value is -2.67. The summed E-state index contributed by atoms with van der Waals surface area (Å²) in [5.41, 5.74) is 0.951. The third-order valence-corrected chi connectivity index (χ3v) is 2.77. The second kappa shape index (κ2) is 6.86. The highest BCUT2D eigenvalue weighted by atomic mass is 16.5. The Morgan fingerprint density at radius 2 is 2.09 bits per heavy atom. The summed E-state index contributed by atoms with van der Waals surface area (Å²) in [6.07, 6.45) is 2.54. The van der Waals surface area contributed by atoms with Crippen molar-refractivity contribution >= 4 is 11.7 Å². The van der Waals surface area contributed by atoms with Crippen molar-refractivity contribution in [2.45, 2.75) is 20.0 Å². The highest BCUT2D eigenvalue weighted by Crippen LogP contribution is 2.23. The molecule has 0 fully saturated rings. The summed E-state index contributed by atoms with van der Waals surface area (Å²) in [6.45, 7) is 3.29. The molecule has 1 heterocycles. The van der Waals surface area contributed by atoms with E-state index >= 15 is 0 Å². The smallest absolute Gasteiger partial charge is 0.257 e. The normalized spacial score (nSPS) is 11.8. The standard InChI is InChI=1S/C15H17N3O4/c1-9-6-17-14(7-16-9)18-15(21)11-3-12(20)5-13(4-11)22-10(2)8-19/h3-7,10,19-20H,8H2,1-2H3,(H,17,18,21). The molecule has 1 unspecified atom stereocenters. The fourth-order valence-corrected chi connectivity index (χ4v) is 1.70. The maximum absolute atomic E-state index is 12.2. The fourth-order valence-electron chi connectivity index (χ4n) is 1.70. The van der Waals surface area contributed by atoms with Crippen LogP contribution in [0.3, 0.4) is 0 Å². The molecule has 7 heteroatoms. The number of nitrogens with one attached hydrogen (secondary N) is 1. The van der Waals surface area contributed by atoms with Crippen LogP contribution < -0.4 is 10.1 Å². The van der Waals surface area contributed by atoms with Gasteiger partial charge in [-0.15, -0.1) is 0 Å². The quantitative estimate of drug-likeness (QED) is 0.773. The number of hydrogen-bond acceptors (Lipinski definition) is 6. The Kier molecular flexibility index (Phi) is 4.90. The summed E-state index contributed by atoms with van der Waals surface area (Å²) in [6, 6.07) is 4.16. The number of aryl methyl sites for hydroxylation is 1. The van der Waals surface area contributed by atoms with Crippen LogP contribution in [-0.4, -0.2) is 38.8 Å². The minimum absolute atomic E-state index is 0.109. The molecule has 0 saturated heterocycles. The zero-order chi connectivity index (χ0) is 16.1. The molecule has 0 aliphatic carbocycles. The second-order valence-corrected chi connectivity index (χ2v) is 4.82. The van der Waals surface area contributed by atoms with Gasteiger partial charge in [-0.2, -0.15) is 0 Å². The van der Waals surface area contributed by atoms with Crippen molar-refractivity contribution in [1.29, 1.82) is 0 Å². The number of carbonyl (C=O) groups excluding carboxylic acids is 1. The van der Waals surface area contributed by atoms with Crippen molar-refractivity contribution in [2.24, 2.45) is 0 Å². The first-order chi connectivity index (χ1) is 10.5. The van der Waals surface area contributed by atoms with Crippen molar-refractivity contribution < 1.29 is 19.7 Å². The van der Waals surface area contributed by atoms with Crippen LogP contribution in [0, 0.1) is 6.92 Å². The van der Waals surface area contributed by atoms with E-state index in [-0.39, 0.29) is 17.9 Å². The summed E-state index contributed by atoms with van der Waals surface area (Å²) >= 11 is 0. The Morgan fingerprint density at radius 1 is 1.32 bits per heavy atom. The zero-order valence-electron chi connectivity index (χ0n) is 12.3. The molecule has 0 aliphatic heterocycles. The fraction of sp³-hybridized carbons (Fsp3) is 0.267. The molecule has 1 amide bonds. The van der Waals surface area contributed by atoms with E-state index in [2.05, 4.69) is 15.3 Å². The number of ether oxygens (including phenoxy) is 1. The maximum atomic E-state index is 12.2. The van der Waals surface area contributed by atoms with Crippen LogP contribution in [0.2, 0.25) is 0 Å². The summed E-state index contributed by atoms with van der Waals surface area (Å²) in [5, 5.41) is 21.2. The van der Waals surface area contributed by atoms with Crippen molar-refractivity contribution in [3.05, 3.63) is 41.9 Å².